The van der Waals surface area contributed by atoms with Gasteiger partial charge in [-0.25, -0.2) is 4.39 Å². The molecule has 0 bridgehead atoms. The number of halogens is 1. The van der Waals surface area contributed by atoms with E-state index in [1.807, 2.05) is 24.3 Å². The fourth-order valence-electron chi connectivity index (χ4n) is 4.34. The van der Waals surface area contributed by atoms with Gasteiger partial charge in [0.05, 0.1) is 12.0 Å². The number of fused-ring (bicyclic) bond motifs is 1. The van der Waals surface area contributed by atoms with Crippen molar-refractivity contribution < 1.29 is 13.9 Å². The molecule has 1 amide bonds. The van der Waals surface area contributed by atoms with Crippen molar-refractivity contribution in [2.75, 3.05) is 13.2 Å². The zero-order valence-corrected chi connectivity index (χ0v) is 14.8. The van der Waals surface area contributed by atoms with Gasteiger partial charge < -0.3 is 10.1 Å². The van der Waals surface area contributed by atoms with Crippen molar-refractivity contribution in [3.05, 3.63) is 65.5 Å². The van der Waals surface area contributed by atoms with E-state index in [1.54, 1.807) is 6.07 Å². The van der Waals surface area contributed by atoms with Gasteiger partial charge >= 0.3 is 0 Å². The Labute approximate surface area is 153 Å². The molecule has 0 spiro atoms. The molecule has 26 heavy (non-hydrogen) atoms. The predicted octanol–water partition coefficient (Wildman–Crippen LogP) is 4.01. The molecule has 4 rings (SSSR count). The van der Waals surface area contributed by atoms with Crippen LogP contribution in [0.4, 0.5) is 4.39 Å². The van der Waals surface area contributed by atoms with E-state index >= 15 is 0 Å². The Morgan fingerprint density at radius 3 is 2.77 bits per heavy atom. The smallest absolute Gasteiger partial charge is 0.230 e. The molecular formula is C22H24FNO2. The van der Waals surface area contributed by atoms with E-state index in [0.29, 0.717) is 13.2 Å². The number of carbonyl (C=O) groups is 1. The molecule has 0 aromatic heterocycles. The lowest BCUT2D eigenvalue weighted by Gasteiger charge is -2.30. The van der Waals surface area contributed by atoms with Crippen LogP contribution in [0.3, 0.4) is 0 Å². The first-order valence-electron chi connectivity index (χ1n) is 9.42. The summed E-state index contributed by atoms with van der Waals surface area (Å²) in [6, 6.07) is 14.6. The molecule has 1 aliphatic carbocycles. The number of benzene rings is 2. The van der Waals surface area contributed by atoms with Gasteiger partial charge in [0.15, 0.2) is 0 Å². The summed E-state index contributed by atoms with van der Waals surface area (Å²) in [5.41, 5.74) is 1.41. The third-order valence-electron chi connectivity index (χ3n) is 5.78. The van der Waals surface area contributed by atoms with E-state index < -0.39 is 5.41 Å². The second-order valence-corrected chi connectivity index (χ2v) is 7.50. The van der Waals surface area contributed by atoms with Crippen molar-refractivity contribution >= 4 is 5.91 Å². The second-order valence-electron chi connectivity index (χ2n) is 7.50. The van der Waals surface area contributed by atoms with Gasteiger partial charge in [-0.2, -0.15) is 0 Å². The van der Waals surface area contributed by atoms with E-state index in [0.717, 1.165) is 43.4 Å². The summed E-state index contributed by atoms with van der Waals surface area (Å²) < 4.78 is 19.5. The van der Waals surface area contributed by atoms with Gasteiger partial charge in [-0.15, -0.1) is 0 Å². The summed E-state index contributed by atoms with van der Waals surface area (Å²) in [6.07, 6.45) is 4.48. The highest BCUT2D eigenvalue weighted by Crippen LogP contribution is 2.41. The maximum atomic E-state index is 13.7. The largest absolute Gasteiger partial charge is 0.493 e. The molecule has 2 aromatic rings. The van der Waals surface area contributed by atoms with E-state index in [9.17, 15) is 9.18 Å². The highest BCUT2D eigenvalue weighted by Gasteiger charge is 2.42. The number of rotatable bonds is 4. The number of para-hydroxylation sites is 1. The molecule has 1 saturated carbocycles. The standard InChI is InChI=1S/C22H24FNO2/c23-19-8-5-7-18(13-19)22(10-3-4-11-22)21(25)24-14-16-12-17-6-1-2-9-20(17)26-15-16/h1-2,5-9,13,16H,3-4,10-12,14-15H2,(H,24,25). The van der Waals surface area contributed by atoms with Crippen LogP contribution in [0.15, 0.2) is 48.5 Å². The fraction of sp³-hybridized carbons (Fsp3) is 0.409. The predicted molar refractivity (Wildman–Crippen MR) is 98.7 cm³/mol. The monoisotopic (exact) mass is 353 g/mol. The van der Waals surface area contributed by atoms with Gasteiger partial charge in [0.25, 0.3) is 0 Å². The lowest BCUT2D eigenvalue weighted by Crippen LogP contribution is -2.45. The highest BCUT2D eigenvalue weighted by atomic mass is 19.1. The van der Waals surface area contributed by atoms with Gasteiger partial charge in [-0.1, -0.05) is 43.2 Å². The van der Waals surface area contributed by atoms with Crippen LogP contribution in [-0.4, -0.2) is 19.1 Å². The van der Waals surface area contributed by atoms with Crippen molar-refractivity contribution in [3.63, 3.8) is 0 Å². The van der Waals surface area contributed by atoms with Crippen LogP contribution in [0.2, 0.25) is 0 Å². The Morgan fingerprint density at radius 2 is 1.96 bits per heavy atom. The minimum Gasteiger partial charge on any atom is -0.493 e. The van der Waals surface area contributed by atoms with E-state index in [1.165, 1.54) is 17.7 Å². The minimum absolute atomic E-state index is 0.0273. The minimum atomic E-state index is -0.588. The molecule has 1 heterocycles. The van der Waals surface area contributed by atoms with Crippen LogP contribution in [0.5, 0.6) is 5.75 Å². The van der Waals surface area contributed by atoms with Crippen molar-refractivity contribution in [2.45, 2.75) is 37.5 Å². The Morgan fingerprint density at radius 1 is 1.15 bits per heavy atom. The summed E-state index contributed by atoms with van der Waals surface area (Å²) in [6.45, 7) is 1.20. The van der Waals surface area contributed by atoms with Crippen molar-refractivity contribution in [3.8, 4) is 5.75 Å². The zero-order chi connectivity index (χ0) is 18.0. The molecular weight excluding hydrogens is 329 g/mol. The number of amides is 1. The molecule has 1 atom stereocenters. The summed E-state index contributed by atoms with van der Waals surface area (Å²) in [7, 11) is 0. The number of hydrogen-bond donors (Lipinski definition) is 1. The third kappa shape index (κ3) is 3.20. The van der Waals surface area contributed by atoms with Crippen LogP contribution in [-0.2, 0) is 16.6 Å². The molecule has 1 aliphatic heterocycles. The van der Waals surface area contributed by atoms with Crippen LogP contribution in [0.1, 0.15) is 36.8 Å². The highest BCUT2D eigenvalue weighted by molar-refractivity contribution is 5.88. The van der Waals surface area contributed by atoms with Gasteiger partial charge in [-0.05, 0) is 48.6 Å². The van der Waals surface area contributed by atoms with Crippen molar-refractivity contribution in [2.24, 2.45) is 5.92 Å². The van der Waals surface area contributed by atoms with E-state index in [-0.39, 0.29) is 17.6 Å². The van der Waals surface area contributed by atoms with Gasteiger partial charge in [-0.3, -0.25) is 4.79 Å². The first kappa shape index (κ1) is 17.1. The summed E-state index contributed by atoms with van der Waals surface area (Å²) in [5, 5.41) is 3.14. The Bertz CT molecular complexity index is 798. The maximum Gasteiger partial charge on any atom is 0.230 e. The Balaban J connectivity index is 1.45. The Hall–Kier alpha value is -2.36. The second kappa shape index (κ2) is 7.10. The molecule has 136 valence electrons. The van der Waals surface area contributed by atoms with Gasteiger partial charge in [0, 0.05) is 12.5 Å². The van der Waals surface area contributed by atoms with Crippen LogP contribution in [0, 0.1) is 11.7 Å². The lowest BCUT2D eigenvalue weighted by molar-refractivity contribution is -0.126. The summed E-state index contributed by atoms with van der Waals surface area (Å²) >= 11 is 0. The molecule has 0 saturated heterocycles. The van der Waals surface area contributed by atoms with E-state index in [2.05, 4.69) is 11.4 Å². The normalized spacial score (nSPS) is 20.9. The quantitative estimate of drug-likeness (QED) is 0.902. The van der Waals surface area contributed by atoms with Crippen molar-refractivity contribution in [1.82, 2.24) is 5.32 Å². The number of carbonyl (C=O) groups excluding carboxylic acids is 1. The van der Waals surface area contributed by atoms with E-state index in [4.69, 9.17) is 4.74 Å². The molecule has 3 nitrogen and oxygen atoms in total. The number of nitrogens with one attached hydrogen (secondary N) is 1. The number of hydrogen-bond acceptors (Lipinski definition) is 2. The third-order valence-corrected chi connectivity index (χ3v) is 5.78. The molecule has 0 radical (unpaired) electrons. The maximum absolute atomic E-state index is 13.7. The molecule has 1 fully saturated rings. The molecule has 1 unspecified atom stereocenters. The Kier molecular flexibility index (Phi) is 4.66. The average Bonchev–Trinajstić information content (AvgIpc) is 3.17. The van der Waals surface area contributed by atoms with Crippen molar-refractivity contribution in [1.29, 1.82) is 0 Å². The van der Waals surface area contributed by atoms with Crippen LogP contribution < -0.4 is 10.1 Å². The fourth-order valence-corrected chi connectivity index (χ4v) is 4.34. The number of ether oxygens (including phenoxy) is 1. The molecule has 2 aromatic carbocycles. The van der Waals surface area contributed by atoms with Crippen LogP contribution >= 0.6 is 0 Å². The topological polar surface area (TPSA) is 38.3 Å². The first-order valence-corrected chi connectivity index (χ1v) is 9.42. The first-order chi connectivity index (χ1) is 12.7. The van der Waals surface area contributed by atoms with Gasteiger partial charge in [0.2, 0.25) is 5.91 Å². The summed E-state index contributed by atoms with van der Waals surface area (Å²) in [5.74, 6) is 0.959. The molecule has 2 aliphatic rings. The molecule has 4 heteroatoms. The summed E-state index contributed by atoms with van der Waals surface area (Å²) in [4.78, 5) is 13.1. The van der Waals surface area contributed by atoms with Crippen LogP contribution in [0.25, 0.3) is 0 Å². The molecule has 1 N–H and O–H groups in total. The SMILES string of the molecule is O=C(NCC1COc2ccccc2C1)C1(c2cccc(F)c2)CCCC1. The van der Waals surface area contributed by atoms with Gasteiger partial charge in [0.1, 0.15) is 11.6 Å². The zero-order valence-electron chi connectivity index (χ0n) is 14.8. The average molecular weight is 353 g/mol. The lowest BCUT2D eigenvalue weighted by atomic mass is 9.78.